The van der Waals surface area contributed by atoms with Crippen molar-refractivity contribution in [3.05, 3.63) is 62.1 Å². The predicted octanol–water partition coefficient (Wildman–Crippen LogP) is 5.74. The van der Waals surface area contributed by atoms with Crippen LogP contribution in [-0.2, 0) is 10.0 Å². The first kappa shape index (κ1) is 19.8. The van der Waals surface area contributed by atoms with Gasteiger partial charge in [0.2, 0.25) is 0 Å². The van der Waals surface area contributed by atoms with Crippen LogP contribution in [-0.4, -0.2) is 25.1 Å². The van der Waals surface area contributed by atoms with E-state index >= 15 is 0 Å². The minimum atomic E-state index is -3.94. The predicted molar refractivity (Wildman–Crippen MR) is 107 cm³/mol. The zero-order chi connectivity index (χ0) is 19.1. The van der Waals surface area contributed by atoms with Crippen LogP contribution in [0.1, 0.15) is 18.9 Å². The monoisotopic (exact) mass is 450 g/mol. The zero-order valence-electron chi connectivity index (χ0n) is 13.6. The topological polar surface area (TPSA) is 49.7 Å². The summed E-state index contributed by atoms with van der Waals surface area (Å²) in [5.74, 6) is 0.0599. The van der Waals surface area contributed by atoms with Gasteiger partial charge >= 0.3 is 0 Å². The maximum atomic E-state index is 13.0. The Morgan fingerprint density at radius 3 is 2.38 bits per heavy atom. The average Bonchev–Trinajstić information content (AvgIpc) is 2.58. The molecule has 138 valence electrons. The molecule has 1 aliphatic rings. The fourth-order valence-corrected chi connectivity index (χ4v) is 5.09. The summed E-state index contributed by atoms with van der Waals surface area (Å²) in [5.41, 5.74) is 1.34. The third-order valence-corrected chi connectivity index (χ3v) is 7.04. The van der Waals surface area contributed by atoms with Crippen LogP contribution < -0.4 is 0 Å². The molecule has 0 aromatic heterocycles. The van der Waals surface area contributed by atoms with Crippen molar-refractivity contribution in [1.82, 2.24) is 4.41 Å². The number of rotatable bonds is 3. The Kier molecular flexibility index (Phi) is 5.75. The second-order valence-corrected chi connectivity index (χ2v) is 9.54. The van der Waals surface area contributed by atoms with Gasteiger partial charge in [-0.05, 0) is 48.2 Å². The van der Waals surface area contributed by atoms with Crippen LogP contribution in [0.4, 0.5) is 0 Å². The number of nitrogens with zero attached hydrogens (tertiary/aromatic N) is 2. The van der Waals surface area contributed by atoms with E-state index in [1.165, 1.54) is 18.2 Å². The number of benzene rings is 2. The summed E-state index contributed by atoms with van der Waals surface area (Å²) in [7, 11) is -3.94. The molecule has 0 aliphatic carbocycles. The summed E-state index contributed by atoms with van der Waals surface area (Å²) in [6, 6.07) is 9.42. The van der Waals surface area contributed by atoms with Gasteiger partial charge in [-0.3, -0.25) is 0 Å². The molecule has 0 bridgehead atoms. The Labute approximate surface area is 172 Å². The summed E-state index contributed by atoms with van der Waals surface area (Å²) in [4.78, 5) is -0.0713. The molecular weight excluding hydrogens is 438 g/mol. The lowest BCUT2D eigenvalue weighted by Gasteiger charge is -2.29. The quantitative estimate of drug-likeness (QED) is 0.597. The Balaban J connectivity index is 2.06. The maximum Gasteiger partial charge on any atom is 0.280 e. The Morgan fingerprint density at radius 2 is 1.69 bits per heavy atom. The summed E-state index contributed by atoms with van der Waals surface area (Å²) in [6.07, 6.45) is 0.618. The van der Waals surface area contributed by atoms with Crippen molar-refractivity contribution in [3.63, 3.8) is 0 Å². The molecule has 2 aromatic carbocycles. The lowest BCUT2D eigenvalue weighted by molar-refractivity contribution is 0.353. The molecule has 2 aromatic rings. The van der Waals surface area contributed by atoms with E-state index in [1.54, 1.807) is 18.2 Å². The van der Waals surface area contributed by atoms with Crippen molar-refractivity contribution in [2.24, 2.45) is 11.0 Å². The SMILES string of the molecule is C[C@H]1CC(c2ccc(Cl)c(Cl)c2)=NN(S(=O)(=O)c2cc(Cl)ccc2Cl)C1. The van der Waals surface area contributed by atoms with Crippen molar-refractivity contribution in [1.29, 1.82) is 0 Å². The lowest BCUT2D eigenvalue weighted by Crippen LogP contribution is -2.36. The van der Waals surface area contributed by atoms with E-state index < -0.39 is 10.0 Å². The smallest absolute Gasteiger partial charge is 0.200 e. The van der Waals surface area contributed by atoms with E-state index in [-0.39, 0.29) is 27.4 Å². The highest BCUT2D eigenvalue weighted by atomic mass is 35.5. The molecule has 0 unspecified atom stereocenters. The van der Waals surface area contributed by atoms with Gasteiger partial charge in [-0.1, -0.05) is 59.4 Å². The summed E-state index contributed by atoms with van der Waals surface area (Å²) in [5, 5.41) is 5.54. The van der Waals surface area contributed by atoms with Crippen molar-refractivity contribution in [2.45, 2.75) is 18.2 Å². The molecule has 0 amide bonds. The molecule has 1 atom stereocenters. The fourth-order valence-electron chi connectivity index (χ4n) is 2.67. The minimum Gasteiger partial charge on any atom is -0.200 e. The molecule has 0 radical (unpaired) electrons. The first-order chi connectivity index (χ1) is 12.2. The van der Waals surface area contributed by atoms with Crippen LogP contribution in [0.3, 0.4) is 0 Å². The third-order valence-electron chi connectivity index (χ3n) is 3.94. The van der Waals surface area contributed by atoms with Gasteiger partial charge in [0.25, 0.3) is 10.0 Å². The van der Waals surface area contributed by atoms with Gasteiger partial charge < -0.3 is 0 Å². The molecule has 1 aliphatic heterocycles. The molecule has 26 heavy (non-hydrogen) atoms. The summed E-state index contributed by atoms with van der Waals surface area (Å²) < 4.78 is 27.1. The molecule has 0 spiro atoms. The highest BCUT2D eigenvalue weighted by molar-refractivity contribution is 7.89. The van der Waals surface area contributed by atoms with Gasteiger partial charge in [-0.25, -0.2) is 0 Å². The van der Waals surface area contributed by atoms with E-state index in [0.717, 1.165) is 9.98 Å². The van der Waals surface area contributed by atoms with Crippen LogP contribution in [0.5, 0.6) is 0 Å². The molecule has 4 nitrogen and oxygen atoms in total. The molecule has 0 saturated heterocycles. The highest BCUT2D eigenvalue weighted by Crippen LogP contribution is 2.31. The summed E-state index contributed by atoms with van der Waals surface area (Å²) >= 11 is 24.1. The lowest BCUT2D eigenvalue weighted by atomic mass is 9.98. The highest BCUT2D eigenvalue weighted by Gasteiger charge is 2.31. The van der Waals surface area contributed by atoms with Crippen LogP contribution in [0.25, 0.3) is 0 Å². The van der Waals surface area contributed by atoms with Crippen LogP contribution in [0.15, 0.2) is 46.4 Å². The van der Waals surface area contributed by atoms with Crippen LogP contribution in [0, 0.1) is 5.92 Å². The van der Waals surface area contributed by atoms with Gasteiger partial charge in [-0.2, -0.15) is 17.9 Å². The molecular formula is C17H14Cl4N2O2S. The fraction of sp³-hybridized carbons (Fsp3) is 0.235. The van der Waals surface area contributed by atoms with E-state index in [1.807, 2.05) is 6.92 Å². The van der Waals surface area contributed by atoms with E-state index in [0.29, 0.717) is 22.2 Å². The van der Waals surface area contributed by atoms with E-state index in [9.17, 15) is 8.42 Å². The van der Waals surface area contributed by atoms with Crippen LogP contribution >= 0.6 is 46.4 Å². The van der Waals surface area contributed by atoms with Gasteiger partial charge in [0.1, 0.15) is 4.90 Å². The van der Waals surface area contributed by atoms with Crippen molar-refractivity contribution in [3.8, 4) is 0 Å². The maximum absolute atomic E-state index is 13.0. The molecule has 9 heteroatoms. The number of hydrogen-bond donors (Lipinski definition) is 0. The summed E-state index contributed by atoms with van der Waals surface area (Å²) in [6.45, 7) is 2.20. The van der Waals surface area contributed by atoms with Crippen LogP contribution in [0.2, 0.25) is 20.1 Å². The third kappa shape index (κ3) is 3.97. The van der Waals surface area contributed by atoms with Gasteiger partial charge in [0.15, 0.2) is 0 Å². The number of hydrazone groups is 1. The average molecular weight is 452 g/mol. The molecule has 0 fully saturated rings. The second kappa shape index (κ2) is 7.56. The Morgan fingerprint density at radius 1 is 1.00 bits per heavy atom. The first-order valence-electron chi connectivity index (χ1n) is 7.69. The largest absolute Gasteiger partial charge is 0.280 e. The van der Waals surface area contributed by atoms with E-state index in [2.05, 4.69) is 5.10 Å². The molecule has 3 rings (SSSR count). The first-order valence-corrected chi connectivity index (χ1v) is 10.6. The Bertz CT molecular complexity index is 992. The minimum absolute atomic E-state index is 0.0599. The number of sulfonamides is 1. The zero-order valence-corrected chi connectivity index (χ0v) is 17.4. The van der Waals surface area contributed by atoms with Crippen molar-refractivity contribution >= 4 is 62.1 Å². The number of halogens is 4. The van der Waals surface area contributed by atoms with Crippen molar-refractivity contribution < 1.29 is 8.42 Å². The molecule has 0 saturated carbocycles. The normalized spacial score (nSPS) is 18.0. The molecule has 0 N–H and O–H groups in total. The standard InChI is InChI=1S/C17H14Cl4N2O2S/c1-10-6-16(11-2-4-13(19)15(21)7-11)22-23(9-10)26(24,25)17-8-12(18)3-5-14(17)20/h2-5,7-8,10H,6,9H2,1H3/t10-/m0/s1. The van der Waals surface area contributed by atoms with Gasteiger partial charge in [0, 0.05) is 5.02 Å². The molecule has 1 heterocycles. The second-order valence-electron chi connectivity index (χ2n) is 6.07. The van der Waals surface area contributed by atoms with Crippen molar-refractivity contribution in [2.75, 3.05) is 6.54 Å². The van der Waals surface area contributed by atoms with Gasteiger partial charge in [0.05, 0.1) is 27.3 Å². The Hall–Kier alpha value is -0.980. The van der Waals surface area contributed by atoms with E-state index in [4.69, 9.17) is 46.4 Å². The number of hydrogen-bond acceptors (Lipinski definition) is 3. The van der Waals surface area contributed by atoms with Gasteiger partial charge in [-0.15, -0.1) is 0 Å².